The highest BCUT2D eigenvalue weighted by molar-refractivity contribution is 5.85. The molecule has 1 fully saturated rings. The second-order valence-electron chi connectivity index (χ2n) is 4.10. The van der Waals surface area contributed by atoms with Crippen molar-refractivity contribution < 1.29 is 18.7 Å². The first-order chi connectivity index (χ1) is 6.33. The summed E-state index contributed by atoms with van der Waals surface area (Å²) >= 11 is 0. The van der Waals surface area contributed by atoms with Crippen LogP contribution in [-0.2, 0) is 4.79 Å². The Morgan fingerprint density at radius 1 is 1.47 bits per heavy atom. The number of carboxylic acids is 1. The number of alkyl halides is 2. The molecule has 90 valence electrons. The van der Waals surface area contributed by atoms with Crippen LogP contribution >= 0.6 is 12.4 Å². The number of likely N-dealkylation sites (tertiary alicyclic amines) is 1. The third-order valence-electron chi connectivity index (χ3n) is 2.48. The van der Waals surface area contributed by atoms with Crippen LogP contribution in [0.25, 0.3) is 0 Å². The summed E-state index contributed by atoms with van der Waals surface area (Å²) in [6, 6.07) is -0.789. The molecule has 1 aliphatic rings. The predicted octanol–water partition coefficient (Wildman–Crippen LogP) is 1.86. The van der Waals surface area contributed by atoms with Crippen molar-refractivity contribution >= 4 is 18.4 Å². The number of hydrogen-bond donors (Lipinski definition) is 1. The average molecular weight is 244 g/mol. The van der Waals surface area contributed by atoms with Crippen molar-refractivity contribution in [2.24, 2.45) is 5.92 Å². The van der Waals surface area contributed by atoms with Crippen molar-refractivity contribution in [3.8, 4) is 0 Å². The quantitative estimate of drug-likeness (QED) is 0.823. The van der Waals surface area contributed by atoms with Crippen LogP contribution in [0.3, 0.4) is 0 Å². The maximum Gasteiger partial charge on any atom is 0.321 e. The van der Waals surface area contributed by atoms with Crippen molar-refractivity contribution in [2.75, 3.05) is 13.1 Å². The fourth-order valence-corrected chi connectivity index (χ4v) is 1.86. The molecule has 1 rings (SSSR count). The number of hydrogen-bond acceptors (Lipinski definition) is 2. The fraction of sp³-hybridized carbons (Fsp3) is 0.889. The Bertz CT molecular complexity index is 236. The van der Waals surface area contributed by atoms with E-state index in [0.717, 1.165) is 0 Å². The molecule has 0 radical (unpaired) electrons. The van der Waals surface area contributed by atoms with Gasteiger partial charge in [-0.25, -0.2) is 8.78 Å². The van der Waals surface area contributed by atoms with Crippen LogP contribution in [0.4, 0.5) is 8.78 Å². The third-order valence-corrected chi connectivity index (χ3v) is 2.48. The van der Waals surface area contributed by atoms with Crippen molar-refractivity contribution in [1.82, 2.24) is 4.90 Å². The highest BCUT2D eigenvalue weighted by Crippen LogP contribution is 2.29. The minimum Gasteiger partial charge on any atom is -0.480 e. The summed E-state index contributed by atoms with van der Waals surface area (Å²) < 4.78 is 25.7. The number of rotatable bonds is 3. The molecule has 0 aromatic carbocycles. The van der Waals surface area contributed by atoms with E-state index in [1.807, 2.05) is 0 Å². The lowest BCUT2D eigenvalue weighted by molar-refractivity contribution is -0.145. The van der Waals surface area contributed by atoms with Gasteiger partial charge in [0.05, 0.1) is 6.54 Å². The van der Waals surface area contributed by atoms with Crippen molar-refractivity contribution in [1.29, 1.82) is 0 Å². The second kappa shape index (κ2) is 5.07. The molecule has 0 saturated carbocycles. The molecule has 1 unspecified atom stereocenters. The van der Waals surface area contributed by atoms with Gasteiger partial charge in [-0.05, 0) is 5.92 Å². The van der Waals surface area contributed by atoms with Gasteiger partial charge >= 0.3 is 5.97 Å². The van der Waals surface area contributed by atoms with Gasteiger partial charge in [0.25, 0.3) is 5.92 Å². The van der Waals surface area contributed by atoms with E-state index in [2.05, 4.69) is 0 Å². The number of halogens is 3. The molecule has 15 heavy (non-hydrogen) atoms. The first-order valence-corrected chi connectivity index (χ1v) is 4.68. The van der Waals surface area contributed by atoms with E-state index in [-0.39, 0.29) is 31.3 Å². The number of carbonyl (C=O) groups is 1. The Hall–Kier alpha value is -0.420. The summed E-state index contributed by atoms with van der Waals surface area (Å²) in [6.07, 6.45) is -0.233. The second-order valence-corrected chi connectivity index (χ2v) is 4.10. The minimum absolute atomic E-state index is 0. The maximum atomic E-state index is 12.8. The molecule has 1 aliphatic heterocycles. The van der Waals surface area contributed by atoms with Crippen LogP contribution in [0.15, 0.2) is 0 Å². The first-order valence-electron chi connectivity index (χ1n) is 4.68. The zero-order chi connectivity index (χ0) is 10.9. The van der Waals surface area contributed by atoms with Gasteiger partial charge in [0.2, 0.25) is 0 Å². The maximum absolute atomic E-state index is 12.8. The number of nitrogens with zero attached hydrogens (tertiary/aromatic N) is 1. The zero-order valence-corrected chi connectivity index (χ0v) is 9.56. The van der Waals surface area contributed by atoms with E-state index in [4.69, 9.17) is 5.11 Å². The molecule has 1 saturated heterocycles. The van der Waals surface area contributed by atoms with Gasteiger partial charge in [-0.2, -0.15) is 0 Å². The lowest BCUT2D eigenvalue weighted by atomic mass is 10.0. The van der Waals surface area contributed by atoms with Crippen LogP contribution < -0.4 is 0 Å². The van der Waals surface area contributed by atoms with Crippen LogP contribution in [0.2, 0.25) is 0 Å². The summed E-state index contributed by atoms with van der Waals surface area (Å²) in [7, 11) is 0. The summed E-state index contributed by atoms with van der Waals surface area (Å²) in [5.41, 5.74) is 0. The largest absolute Gasteiger partial charge is 0.480 e. The molecule has 1 heterocycles. The average Bonchev–Trinajstić information content (AvgIpc) is 2.28. The monoisotopic (exact) mass is 243 g/mol. The number of aliphatic carboxylic acids is 1. The molecule has 6 heteroatoms. The summed E-state index contributed by atoms with van der Waals surface area (Å²) in [5, 5.41) is 8.89. The lowest BCUT2D eigenvalue weighted by Gasteiger charge is -2.26. The van der Waals surface area contributed by atoms with Crippen LogP contribution in [0.5, 0.6) is 0 Å². The molecule has 0 spiro atoms. The lowest BCUT2D eigenvalue weighted by Crippen LogP contribution is -2.44. The summed E-state index contributed by atoms with van der Waals surface area (Å²) in [6.45, 7) is 3.20. The van der Waals surface area contributed by atoms with Gasteiger partial charge in [0.1, 0.15) is 6.04 Å². The standard InChI is InChI=1S/C9H15F2NO2.ClH/c1-6(2)7(8(13)14)12-4-3-9(10,11)5-12;/h6-7H,3-5H2,1-2H3,(H,13,14);1H. The molecular weight excluding hydrogens is 228 g/mol. The van der Waals surface area contributed by atoms with Gasteiger partial charge < -0.3 is 5.11 Å². The molecule has 0 bridgehead atoms. The van der Waals surface area contributed by atoms with Gasteiger partial charge in [-0.1, -0.05) is 13.8 Å². The fourth-order valence-electron chi connectivity index (χ4n) is 1.86. The number of carboxylic acid groups (broad SMARTS) is 1. The van der Waals surface area contributed by atoms with Crippen LogP contribution in [-0.4, -0.2) is 41.0 Å². The Labute approximate surface area is 93.9 Å². The van der Waals surface area contributed by atoms with Crippen molar-refractivity contribution in [3.63, 3.8) is 0 Å². The minimum atomic E-state index is -2.72. The highest BCUT2D eigenvalue weighted by Gasteiger charge is 2.43. The molecule has 0 aromatic rings. The third kappa shape index (κ3) is 3.57. The molecule has 0 amide bonds. The SMILES string of the molecule is CC(C)C(C(=O)O)N1CCC(F)(F)C1.Cl. The smallest absolute Gasteiger partial charge is 0.321 e. The van der Waals surface area contributed by atoms with Gasteiger partial charge in [0, 0.05) is 13.0 Å². The normalized spacial score (nSPS) is 22.5. The summed E-state index contributed by atoms with van der Waals surface area (Å²) in [4.78, 5) is 12.2. The van der Waals surface area contributed by atoms with Crippen molar-refractivity contribution in [3.05, 3.63) is 0 Å². The molecule has 0 aromatic heterocycles. The molecule has 1 N–H and O–H groups in total. The Kier molecular flexibility index (Phi) is 4.93. The van der Waals surface area contributed by atoms with Gasteiger partial charge in [-0.15, -0.1) is 12.4 Å². The molecule has 1 atom stereocenters. The highest BCUT2D eigenvalue weighted by atomic mass is 35.5. The predicted molar refractivity (Wildman–Crippen MR) is 54.6 cm³/mol. The van der Waals surface area contributed by atoms with E-state index >= 15 is 0 Å². The topological polar surface area (TPSA) is 40.5 Å². The first kappa shape index (κ1) is 14.6. The summed E-state index contributed by atoms with van der Waals surface area (Å²) in [5.74, 6) is -3.89. The zero-order valence-electron chi connectivity index (χ0n) is 8.74. The van der Waals surface area contributed by atoms with E-state index in [1.54, 1.807) is 13.8 Å². The Balaban J connectivity index is 0.00000196. The molecule has 3 nitrogen and oxygen atoms in total. The van der Waals surface area contributed by atoms with Crippen LogP contribution in [0.1, 0.15) is 20.3 Å². The van der Waals surface area contributed by atoms with Gasteiger partial charge in [0.15, 0.2) is 0 Å². The Morgan fingerprint density at radius 2 is 2.00 bits per heavy atom. The molecule has 0 aliphatic carbocycles. The van der Waals surface area contributed by atoms with E-state index < -0.39 is 24.5 Å². The van der Waals surface area contributed by atoms with E-state index in [0.29, 0.717) is 0 Å². The van der Waals surface area contributed by atoms with Gasteiger partial charge in [-0.3, -0.25) is 9.69 Å². The van der Waals surface area contributed by atoms with E-state index in [9.17, 15) is 13.6 Å². The van der Waals surface area contributed by atoms with Crippen LogP contribution in [0, 0.1) is 5.92 Å². The Morgan fingerprint density at radius 3 is 2.27 bits per heavy atom. The molecular formula is C9H16ClF2NO2. The van der Waals surface area contributed by atoms with E-state index in [1.165, 1.54) is 4.90 Å². The van der Waals surface area contributed by atoms with Crippen molar-refractivity contribution in [2.45, 2.75) is 32.2 Å².